The van der Waals surface area contributed by atoms with Gasteiger partial charge in [-0.2, -0.15) is 0 Å². The highest BCUT2D eigenvalue weighted by Gasteiger charge is 2.24. The van der Waals surface area contributed by atoms with Gasteiger partial charge in [0.15, 0.2) is 5.58 Å². The van der Waals surface area contributed by atoms with Crippen molar-refractivity contribution in [3.05, 3.63) is 30.3 Å². The summed E-state index contributed by atoms with van der Waals surface area (Å²) in [4.78, 5) is 2.08. The van der Waals surface area contributed by atoms with E-state index in [0.717, 1.165) is 25.0 Å². The van der Waals surface area contributed by atoms with Gasteiger partial charge in [-0.3, -0.25) is 0 Å². The number of furan rings is 1. The van der Waals surface area contributed by atoms with E-state index in [1.165, 1.54) is 6.07 Å². The second-order valence-electron chi connectivity index (χ2n) is 4.48. The van der Waals surface area contributed by atoms with Crippen molar-refractivity contribution in [3.8, 4) is 0 Å². The quantitative estimate of drug-likeness (QED) is 0.821. The van der Waals surface area contributed by atoms with Crippen LogP contribution in [0.1, 0.15) is 6.92 Å². The van der Waals surface area contributed by atoms with E-state index < -0.39 is 0 Å². The average Bonchev–Trinajstić information content (AvgIpc) is 2.79. The number of piperazine rings is 1. The molecule has 1 aromatic heterocycles. The van der Waals surface area contributed by atoms with Crippen molar-refractivity contribution in [3.63, 3.8) is 0 Å². The Morgan fingerprint density at radius 1 is 1.41 bits per heavy atom. The lowest BCUT2D eigenvalue weighted by Gasteiger charge is -2.35. The molecule has 1 aromatic carbocycles. The number of nitrogens with one attached hydrogen (secondary N) is 1. The Kier molecular flexibility index (Phi) is 2.52. The molecule has 4 heteroatoms. The molecule has 0 saturated carbocycles. The molecule has 1 unspecified atom stereocenters. The van der Waals surface area contributed by atoms with Crippen molar-refractivity contribution in [1.29, 1.82) is 0 Å². The fraction of sp³-hybridized carbons (Fsp3) is 0.385. The Balaban J connectivity index is 2.14. The topological polar surface area (TPSA) is 28.4 Å². The molecular formula is C13H15FN2O. The highest BCUT2D eigenvalue weighted by molar-refractivity contribution is 5.90. The molecule has 17 heavy (non-hydrogen) atoms. The normalized spacial score (nSPS) is 21.1. The van der Waals surface area contributed by atoms with Crippen LogP contribution in [0.3, 0.4) is 0 Å². The zero-order valence-electron chi connectivity index (χ0n) is 9.74. The number of benzene rings is 1. The summed E-state index contributed by atoms with van der Waals surface area (Å²) in [6.45, 7) is 4.64. The van der Waals surface area contributed by atoms with Gasteiger partial charge in [0.2, 0.25) is 0 Å². The summed E-state index contributed by atoms with van der Waals surface area (Å²) >= 11 is 0. The minimum Gasteiger partial charge on any atom is -0.462 e. The van der Waals surface area contributed by atoms with Crippen molar-refractivity contribution in [2.45, 2.75) is 13.0 Å². The highest BCUT2D eigenvalue weighted by Crippen LogP contribution is 2.32. The van der Waals surface area contributed by atoms with Crippen molar-refractivity contribution < 1.29 is 8.81 Å². The van der Waals surface area contributed by atoms with Crippen molar-refractivity contribution in [2.75, 3.05) is 24.5 Å². The first-order valence-electron chi connectivity index (χ1n) is 5.90. The van der Waals surface area contributed by atoms with E-state index in [4.69, 9.17) is 4.42 Å². The maximum absolute atomic E-state index is 14.0. The SMILES string of the molecule is CC1CNCCN1c1c(F)ccc2ccoc12. The lowest BCUT2D eigenvalue weighted by Crippen LogP contribution is -2.50. The summed E-state index contributed by atoms with van der Waals surface area (Å²) in [6, 6.07) is 5.41. The molecule has 1 aliphatic heterocycles. The molecule has 0 aliphatic carbocycles. The van der Waals surface area contributed by atoms with E-state index in [1.54, 1.807) is 12.3 Å². The maximum Gasteiger partial charge on any atom is 0.160 e. The summed E-state index contributed by atoms with van der Waals surface area (Å²) < 4.78 is 19.5. The Hall–Kier alpha value is -1.55. The van der Waals surface area contributed by atoms with Crippen LogP contribution in [0, 0.1) is 5.82 Å². The minimum absolute atomic E-state index is 0.207. The second kappa shape index (κ2) is 4.04. The number of rotatable bonds is 1. The molecule has 0 radical (unpaired) electrons. The molecule has 0 bridgehead atoms. The van der Waals surface area contributed by atoms with Gasteiger partial charge in [0.25, 0.3) is 0 Å². The molecule has 1 saturated heterocycles. The number of anilines is 1. The number of halogens is 1. The van der Waals surface area contributed by atoms with Crippen LogP contribution in [-0.4, -0.2) is 25.7 Å². The van der Waals surface area contributed by atoms with Gasteiger partial charge in [0.05, 0.1) is 6.26 Å². The van der Waals surface area contributed by atoms with Crippen LogP contribution in [0.5, 0.6) is 0 Å². The van der Waals surface area contributed by atoms with Crippen LogP contribution in [0.25, 0.3) is 11.0 Å². The third kappa shape index (κ3) is 1.69. The van der Waals surface area contributed by atoms with E-state index in [0.29, 0.717) is 11.3 Å². The fourth-order valence-corrected chi connectivity index (χ4v) is 2.43. The number of hydrogen-bond acceptors (Lipinski definition) is 3. The van der Waals surface area contributed by atoms with Crippen LogP contribution in [-0.2, 0) is 0 Å². The Morgan fingerprint density at radius 3 is 3.12 bits per heavy atom. The molecule has 2 heterocycles. The van der Waals surface area contributed by atoms with Crippen LogP contribution in [0.2, 0.25) is 0 Å². The van der Waals surface area contributed by atoms with Crippen molar-refractivity contribution in [2.24, 2.45) is 0 Å². The highest BCUT2D eigenvalue weighted by atomic mass is 19.1. The molecular weight excluding hydrogens is 219 g/mol. The lowest BCUT2D eigenvalue weighted by molar-refractivity contribution is 0.488. The molecule has 1 fully saturated rings. The molecule has 0 amide bonds. The predicted octanol–water partition coefficient (Wildman–Crippen LogP) is 2.37. The van der Waals surface area contributed by atoms with E-state index in [-0.39, 0.29) is 11.9 Å². The van der Waals surface area contributed by atoms with Crippen LogP contribution in [0.15, 0.2) is 28.9 Å². The molecule has 90 valence electrons. The Labute approximate surface area is 99.2 Å². The van der Waals surface area contributed by atoms with E-state index in [2.05, 4.69) is 17.1 Å². The Bertz CT molecular complexity index is 537. The van der Waals surface area contributed by atoms with Gasteiger partial charge in [-0.25, -0.2) is 4.39 Å². The van der Waals surface area contributed by atoms with Crippen LogP contribution in [0.4, 0.5) is 10.1 Å². The standard InChI is InChI=1S/C13H15FN2O/c1-9-8-15-5-6-16(9)12-11(14)3-2-10-4-7-17-13(10)12/h2-4,7,9,15H,5-6,8H2,1H3. The number of fused-ring (bicyclic) bond motifs is 1. The third-order valence-corrected chi connectivity index (χ3v) is 3.33. The van der Waals surface area contributed by atoms with E-state index in [9.17, 15) is 4.39 Å². The largest absolute Gasteiger partial charge is 0.462 e. The summed E-state index contributed by atoms with van der Waals surface area (Å²) in [5.41, 5.74) is 1.25. The molecule has 3 rings (SSSR count). The molecule has 1 N–H and O–H groups in total. The van der Waals surface area contributed by atoms with Crippen molar-refractivity contribution in [1.82, 2.24) is 5.32 Å². The van der Waals surface area contributed by atoms with Crippen LogP contribution >= 0.6 is 0 Å². The zero-order valence-corrected chi connectivity index (χ0v) is 9.74. The summed E-state index contributed by atoms with van der Waals surface area (Å²) in [5, 5.41) is 4.25. The van der Waals surface area contributed by atoms with Gasteiger partial charge in [-0.1, -0.05) is 0 Å². The first kappa shape index (κ1) is 10.6. The fourth-order valence-electron chi connectivity index (χ4n) is 2.43. The van der Waals surface area contributed by atoms with Gasteiger partial charge < -0.3 is 14.6 Å². The summed E-state index contributed by atoms with van der Waals surface area (Å²) in [6.07, 6.45) is 1.61. The average molecular weight is 234 g/mol. The van der Waals surface area contributed by atoms with Gasteiger partial charge in [0.1, 0.15) is 11.5 Å². The first-order chi connectivity index (χ1) is 8.27. The molecule has 1 aliphatic rings. The summed E-state index contributed by atoms with van der Waals surface area (Å²) in [5.74, 6) is -0.207. The zero-order chi connectivity index (χ0) is 11.8. The number of nitrogens with zero attached hydrogens (tertiary/aromatic N) is 1. The minimum atomic E-state index is -0.207. The molecule has 1 atom stereocenters. The third-order valence-electron chi connectivity index (χ3n) is 3.33. The van der Waals surface area contributed by atoms with Gasteiger partial charge >= 0.3 is 0 Å². The van der Waals surface area contributed by atoms with E-state index >= 15 is 0 Å². The van der Waals surface area contributed by atoms with Crippen molar-refractivity contribution >= 4 is 16.7 Å². The Morgan fingerprint density at radius 2 is 2.29 bits per heavy atom. The molecule has 0 spiro atoms. The predicted molar refractivity (Wildman–Crippen MR) is 65.8 cm³/mol. The van der Waals surface area contributed by atoms with Gasteiger partial charge in [0, 0.05) is 31.1 Å². The van der Waals surface area contributed by atoms with Crippen LogP contribution < -0.4 is 10.2 Å². The second-order valence-corrected chi connectivity index (χ2v) is 4.48. The van der Waals surface area contributed by atoms with Gasteiger partial charge in [-0.15, -0.1) is 0 Å². The molecule has 2 aromatic rings. The first-order valence-corrected chi connectivity index (χ1v) is 5.90. The monoisotopic (exact) mass is 234 g/mol. The maximum atomic E-state index is 14.0. The van der Waals surface area contributed by atoms with E-state index in [1.807, 2.05) is 6.07 Å². The number of hydrogen-bond donors (Lipinski definition) is 1. The van der Waals surface area contributed by atoms with Gasteiger partial charge in [-0.05, 0) is 25.1 Å². The molecule has 3 nitrogen and oxygen atoms in total. The summed E-state index contributed by atoms with van der Waals surface area (Å²) in [7, 11) is 0. The smallest absolute Gasteiger partial charge is 0.160 e. The lowest BCUT2D eigenvalue weighted by atomic mass is 10.1.